The highest BCUT2D eigenvalue weighted by Crippen LogP contribution is 2.26. The molecule has 0 atom stereocenters. The Morgan fingerprint density at radius 2 is 2.00 bits per heavy atom. The second-order valence-electron chi connectivity index (χ2n) is 4.30. The topological polar surface area (TPSA) is 26.3 Å². The van der Waals surface area contributed by atoms with E-state index >= 15 is 0 Å². The minimum Gasteiger partial charge on any atom is -0.454 e. The van der Waals surface area contributed by atoms with Gasteiger partial charge in [0.05, 0.1) is 0 Å². The molecule has 0 N–H and O–H groups in total. The SMILES string of the molecule is CCc1cccc(Oc2ccc(C(C)=O)cc2F)c1. The fraction of sp³-hybridized carbons (Fsp3) is 0.188. The summed E-state index contributed by atoms with van der Waals surface area (Å²) in [7, 11) is 0. The number of Topliss-reactive ketones (excluding diaryl/α,β-unsaturated/α-hetero) is 1. The molecular formula is C16H15FO2. The average Bonchev–Trinajstić information content (AvgIpc) is 2.41. The average molecular weight is 258 g/mol. The summed E-state index contributed by atoms with van der Waals surface area (Å²) in [4.78, 5) is 11.1. The van der Waals surface area contributed by atoms with Crippen molar-refractivity contribution in [1.29, 1.82) is 0 Å². The predicted molar refractivity (Wildman–Crippen MR) is 72.3 cm³/mol. The lowest BCUT2D eigenvalue weighted by atomic mass is 10.1. The Balaban J connectivity index is 2.25. The van der Waals surface area contributed by atoms with Crippen molar-refractivity contribution in [2.45, 2.75) is 20.3 Å². The number of halogens is 1. The molecule has 3 heteroatoms. The lowest BCUT2D eigenvalue weighted by Gasteiger charge is -2.08. The van der Waals surface area contributed by atoms with Gasteiger partial charge in [-0.05, 0) is 49.2 Å². The van der Waals surface area contributed by atoms with Gasteiger partial charge in [0, 0.05) is 5.56 Å². The highest BCUT2D eigenvalue weighted by atomic mass is 19.1. The fourth-order valence-electron chi connectivity index (χ4n) is 1.76. The van der Waals surface area contributed by atoms with Gasteiger partial charge in [-0.2, -0.15) is 0 Å². The molecule has 0 heterocycles. The largest absolute Gasteiger partial charge is 0.454 e. The molecule has 0 fully saturated rings. The minimum absolute atomic E-state index is 0.123. The van der Waals surface area contributed by atoms with Crippen LogP contribution in [0.1, 0.15) is 29.8 Å². The molecule has 0 bridgehead atoms. The van der Waals surface area contributed by atoms with Gasteiger partial charge in [0.25, 0.3) is 0 Å². The number of aryl methyl sites for hydroxylation is 1. The number of hydrogen-bond acceptors (Lipinski definition) is 2. The van der Waals surface area contributed by atoms with E-state index in [1.165, 1.54) is 19.1 Å². The van der Waals surface area contributed by atoms with E-state index in [-0.39, 0.29) is 11.5 Å². The van der Waals surface area contributed by atoms with Crippen LogP contribution in [-0.2, 0) is 6.42 Å². The number of ketones is 1. The fourth-order valence-corrected chi connectivity index (χ4v) is 1.76. The Kier molecular flexibility index (Phi) is 3.95. The van der Waals surface area contributed by atoms with Gasteiger partial charge in [-0.3, -0.25) is 4.79 Å². The summed E-state index contributed by atoms with van der Waals surface area (Å²) in [5.41, 5.74) is 1.46. The number of hydrogen-bond donors (Lipinski definition) is 0. The van der Waals surface area contributed by atoms with E-state index in [4.69, 9.17) is 4.74 Å². The number of ether oxygens (including phenoxy) is 1. The summed E-state index contributed by atoms with van der Waals surface area (Å²) in [5.74, 6) is 0.0140. The third kappa shape index (κ3) is 3.19. The van der Waals surface area contributed by atoms with Gasteiger partial charge in [0.2, 0.25) is 0 Å². The molecule has 0 saturated carbocycles. The first-order valence-electron chi connectivity index (χ1n) is 6.17. The third-order valence-electron chi connectivity index (χ3n) is 2.87. The maximum Gasteiger partial charge on any atom is 0.166 e. The number of carbonyl (C=O) groups excluding carboxylic acids is 1. The van der Waals surface area contributed by atoms with Crippen molar-refractivity contribution < 1.29 is 13.9 Å². The van der Waals surface area contributed by atoms with Crippen LogP contribution in [0.3, 0.4) is 0 Å². The van der Waals surface area contributed by atoms with Crippen LogP contribution in [0.5, 0.6) is 11.5 Å². The van der Waals surface area contributed by atoms with E-state index in [0.717, 1.165) is 12.0 Å². The van der Waals surface area contributed by atoms with Crippen LogP contribution in [0.25, 0.3) is 0 Å². The summed E-state index contributed by atoms with van der Waals surface area (Å²) in [6.07, 6.45) is 0.892. The van der Waals surface area contributed by atoms with E-state index in [1.807, 2.05) is 25.1 Å². The molecule has 0 aliphatic rings. The van der Waals surface area contributed by atoms with Crippen LogP contribution in [0, 0.1) is 5.82 Å². The first-order valence-corrected chi connectivity index (χ1v) is 6.17. The van der Waals surface area contributed by atoms with Crippen molar-refractivity contribution in [1.82, 2.24) is 0 Å². The maximum atomic E-state index is 13.8. The highest BCUT2D eigenvalue weighted by molar-refractivity contribution is 5.94. The number of carbonyl (C=O) groups is 1. The van der Waals surface area contributed by atoms with E-state index < -0.39 is 5.82 Å². The van der Waals surface area contributed by atoms with Crippen LogP contribution in [0.15, 0.2) is 42.5 Å². The highest BCUT2D eigenvalue weighted by Gasteiger charge is 2.08. The Morgan fingerprint density at radius 1 is 1.21 bits per heavy atom. The van der Waals surface area contributed by atoms with Gasteiger partial charge in [0.1, 0.15) is 5.75 Å². The van der Waals surface area contributed by atoms with E-state index in [1.54, 1.807) is 12.1 Å². The molecule has 98 valence electrons. The zero-order valence-corrected chi connectivity index (χ0v) is 10.9. The van der Waals surface area contributed by atoms with Gasteiger partial charge in [-0.15, -0.1) is 0 Å². The molecule has 19 heavy (non-hydrogen) atoms. The molecule has 0 radical (unpaired) electrons. The Labute approximate surface area is 111 Å². The normalized spacial score (nSPS) is 10.3. The molecule has 0 spiro atoms. The molecule has 0 aliphatic heterocycles. The Morgan fingerprint density at radius 3 is 2.63 bits per heavy atom. The van der Waals surface area contributed by atoms with Gasteiger partial charge >= 0.3 is 0 Å². The second-order valence-corrected chi connectivity index (χ2v) is 4.30. The summed E-state index contributed by atoms with van der Waals surface area (Å²) >= 11 is 0. The molecule has 0 aliphatic carbocycles. The van der Waals surface area contributed by atoms with Gasteiger partial charge < -0.3 is 4.74 Å². The van der Waals surface area contributed by atoms with Crippen LogP contribution in [0.2, 0.25) is 0 Å². The van der Waals surface area contributed by atoms with Gasteiger partial charge in [-0.1, -0.05) is 19.1 Å². The quantitative estimate of drug-likeness (QED) is 0.760. The molecule has 2 aromatic carbocycles. The van der Waals surface area contributed by atoms with Crippen molar-refractivity contribution in [2.24, 2.45) is 0 Å². The monoisotopic (exact) mass is 258 g/mol. The molecule has 0 aromatic heterocycles. The van der Waals surface area contributed by atoms with Crippen LogP contribution < -0.4 is 4.74 Å². The van der Waals surface area contributed by atoms with Crippen molar-refractivity contribution in [3.63, 3.8) is 0 Å². The van der Waals surface area contributed by atoms with Gasteiger partial charge in [0.15, 0.2) is 17.3 Å². The summed E-state index contributed by atoms with van der Waals surface area (Å²) in [5, 5.41) is 0. The van der Waals surface area contributed by atoms with E-state index in [2.05, 4.69) is 0 Å². The molecule has 0 amide bonds. The number of benzene rings is 2. The summed E-state index contributed by atoms with van der Waals surface area (Å²) < 4.78 is 19.3. The predicted octanol–water partition coefficient (Wildman–Crippen LogP) is 4.38. The third-order valence-corrected chi connectivity index (χ3v) is 2.87. The van der Waals surface area contributed by atoms with Crippen molar-refractivity contribution in [2.75, 3.05) is 0 Å². The van der Waals surface area contributed by atoms with Crippen LogP contribution in [0.4, 0.5) is 4.39 Å². The molecule has 2 rings (SSSR count). The molecule has 0 unspecified atom stereocenters. The second kappa shape index (κ2) is 5.65. The first-order chi connectivity index (χ1) is 9.10. The van der Waals surface area contributed by atoms with Crippen molar-refractivity contribution in [3.8, 4) is 11.5 Å². The molecule has 0 saturated heterocycles. The van der Waals surface area contributed by atoms with Gasteiger partial charge in [-0.25, -0.2) is 4.39 Å². The smallest absolute Gasteiger partial charge is 0.166 e. The van der Waals surface area contributed by atoms with Crippen molar-refractivity contribution in [3.05, 3.63) is 59.4 Å². The Bertz CT molecular complexity index is 605. The van der Waals surface area contributed by atoms with Crippen molar-refractivity contribution >= 4 is 5.78 Å². The molecule has 2 nitrogen and oxygen atoms in total. The van der Waals surface area contributed by atoms with E-state index in [9.17, 15) is 9.18 Å². The standard InChI is InChI=1S/C16H15FO2/c1-3-12-5-4-6-14(9-12)19-16-8-7-13(11(2)18)10-15(16)17/h4-10H,3H2,1-2H3. The summed E-state index contributed by atoms with van der Waals surface area (Å²) in [6, 6.07) is 11.7. The minimum atomic E-state index is -0.533. The van der Waals surface area contributed by atoms with Crippen LogP contribution in [-0.4, -0.2) is 5.78 Å². The number of rotatable bonds is 4. The Hall–Kier alpha value is -2.16. The lowest BCUT2D eigenvalue weighted by molar-refractivity contribution is 0.101. The lowest BCUT2D eigenvalue weighted by Crippen LogP contribution is -1.95. The van der Waals surface area contributed by atoms with Crippen LogP contribution >= 0.6 is 0 Å². The zero-order valence-electron chi connectivity index (χ0n) is 10.9. The zero-order chi connectivity index (χ0) is 13.8. The molecule has 2 aromatic rings. The summed E-state index contributed by atoms with van der Waals surface area (Å²) in [6.45, 7) is 3.45. The first kappa shape index (κ1) is 13.3. The maximum absolute atomic E-state index is 13.8. The van der Waals surface area contributed by atoms with E-state index in [0.29, 0.717) is 11.3 Å². The molecular weight excluding hydrogens is 243 g/mol.